The van der Waals surface area contributed by atoms with Gasteiger partial charge in [0.2, 0.25) is 5.91 Å². The Bertz CT molecular complexity index is 497. The summed E-state index contributed by atoms with van der Waals surface area (Å²) in [6.07, 6.45) is 4.68. The van der Waals surface area contributed by atoms with Gasteiger partial charge in [0.1, 0.15) is 5.92 Å². The average Bonchev–Trinajstić information content (AvgIpc) is 3.30. The molecular weight excluding hydrogens is 236 g/mol. The highest BCUT2D eigenvalue weighted by Gasteiger charge is 2.39. The number of benzene rings is 1. The van der Waals surface area contributed by atoms with E-state index in [1.807, 2.05) is 35.2 Å². The van der Waals surface area contributed by atoms with E-state index in [2.05, 4.69) is 6.07 Å². The third-order valence-electron chi connectivity index (χ3n) is 3.93. The predicted octanol–water partition coefficient (Wildman–Crippen LogP) is 2.69. The number of amides is 1. The van der Waals surface area contributed by atoms with E-state index in [1.54, 1.807) is 0 Å². The molecule has 0 radical (unpaired) electrons. The molecule has 2 aliphatic carbocycles. The Hall–Kier alpha value is -1.82. The van der Waals surface area contributed by atoms with Crippen LogP contribution in [0, 0.1) is 17.2 Å². The van der Waals surface area contributed by atoms with Gasteiger partial charge in [-0.05, 0) is 37.2 Å². The Balaban J connectivity index is 1.77. The van der Waals surface area contributed by atoms with E-state index in [0.29, 0.717) is 12.0 Å². The van der Waals surface area contributed by atoms with E-state index < -0.39 is 5.92 Å². The van der Waals surface area contributed by atoms with Crippen LogP contribution in [0.1, 0.15) is 37.2 Å². The summed E-state index contributed by atoms with van der Waals surface area (Å²) in [5, 5.41) is 9.35. The zero-order valence-electron chi connectivity index (χ0n) is 11.0. The summed E-state index contributed by atoms with van der Waals surface area (Å²) in [5.41, 5.74) is 0.816. The molecule has 0 N–H and O–H groups in total. The van der Waals surface area contributed by atoms with Crippen molar-refractivity contribution in [3.05, 3.63) is 35.9 Å². The molecule has 1 amide bonds. The van der Waals surface area contributed by atoms with E-state index in [4.69, 9.17) is 0 Å². The van der Waals surface area contributed by atoms with Gasteiger partial charge in [-0.3, -0.25) is 4.79 Å². The summed E-state index contributed by atoms with van der Waals surface area (Å²) in [7, 11) is 0. The molecule has 2 fully saturated rings. The molecule has 3 rings (SSSR count). The van der Waals surface area contributed by atoms with Crippen molar-refractivity contribution in [1.82, 2.24) is 4.90 Å². The topological polar surface area (TPSA) is 44.1 Å². The van der Waals surface area contributed by atoms with Gasteiger partial charge in [-0.1, -0.05) is 30.3 Å². The Kier molecular flexibility index (Phi) is 3.25. The van der Waals surface area contributed by atoms with Crippen LogP contribution in [-0.2, 0) is 4.79 Å². The number of nitriles is 1. The van der Waals surface area contributed by atoms with Crippen molar-refractivity contribution >= 4 is 5.91 Å². The minimum Gasteiger partial charge on any atom is -0.338 e. The number of hydrogen-bond donors (Lipinski definition) is 0. The molecule has 3 heteroatoms. The van der Waals surface area contributed by atoms with Gasteiger partial charge in [0.25, 0.3) is 0 Å². The first kappa shape index (κ1) is 12.2. The van der Waals surface area contributed by atoms with Crippen molar-refractivity contribution in [1.29, 1.82) is 5.26 Å². The molecule has 0 heterocycles. The molecule has 19 heavy (non-hydrogen) atoms. The van der Waals surface area contributed by atoms with E-state index >= 15 is 0 Å². The maximum Gasteiger partial charge on any atom is 0.244 e. The fraction of sp³-hybridized carbons (Fsp3) is 0.500. The number of carbonyl (C=O) groups excluding carboxylic acids is 1. The SMILES string of the molecule is N#CC(C(=O)N(CC1CC1)C1CC1)c1ccccc1. The van der Waals surface area contributed by atoms with Gasteiger partial charge in [0.15, 0.2) is 0 Å². The first-order chi connectivity index (χ1) is 9.29. The van der Waals surface area contributed by atoms with Gasteiger partial charge in [-0.15, -0.1) is 0 Å². The van der Waals surface area contributed by atoms with Gasteiger partial charge in [0, 0.05) is 12.6 Å². The molecule has 3 nitrogen and oxygen atoms in total. The van der Waals surface area contributed by atoms with Crippen molar-refractivity contribution in [2.75, 3.05) is 6.54 Å². The molecule has 2 saturated carbocycles. The first-order valence-electron chi connectivity index (χ1n) is 7.04. The predicted molar refractivity (Wildman–Crippen MR) is 72.3 cm³/mol. The molecule has 0 aliphatic heterocycles. The normalized spacial score (nSPS) is 19.5. The van der Waals surface area contributed by atoms with E-state index in [-0.39, 0.29) is 5.91 Å². The summed E-state index contributed by atoms with van der Waals surface area (Å²) in [6.45, 7) is 0.856. The molecule has 1 atom stereocenters. The van der Waals surface area contributed by atoms with Crippen LogP contribution in [0.5, 0.6) is 0 Å². The fourth-order valence-electron chi connectivity index (χ4n) is 2.47. The van der Waals surface area contributed by atoms with Crippen molar-refractivity contribution < 1.29 is 4.79 Å². The molecule has 0 aromatic heterocycles. The number of rotatable bonds is 5. The van der Waals surface area contributed by atoms with Crippen LogP contribution in [0.15, 0.2) is 30.3 Å². The quantitative estimate of drug-likeness (QED) is 0.811. The Morgan fingerprint density at radius 1 is 1.26 bits per heavy atom. The van der Waals surface area contributed by atoms with Gasteiger partial charge in [-0.25, -0.2) is 0 Å². The smallest absolute Gasteiger partial charge is 0.244 e. The maximum atomic E-state index is 12.6. The minimum atomic E-state index is -0.638. The largest absolute Gasteiger partial charge is 0.338 e. The van der Waals surface area contributed by atoms with Crippen molar-refractivity contribution in [3.8, 4) is 6.07 Å². The highest BCUT2D eigenvalue weighted by molar-refractivity contribution is 5.87. The second-order valence-corrected chi connectivity index (χ2v) is 5.64. The molecular formula is C16H18N2O. The Morgan fingerprint density at radius 3 is 2.47 bits per heavy atom. The van der Waals surface area contributed by atoms with Crippen molar-refractivity contribution in [2.45, 2.75) is 37.6 Å². The molecule has 98 valence electrons. The van der Waals surface area contributed by atoms with Gasteiger partial charge in [0.05, 0.1) is 6.07 Å². The van der Waals surface area contributed by atoms with E-state index in [0.717, 1.165) is 24.9 Å². The minimum absolute atomic E-state index is 0.00287. The third kappa shape index (κ3) is 2.78. The number of carbonyl (C=O) groups is 1. The lowest BCUT2D eigenvalue weighted by Gasteiger charge is -2.24. The third-order valence-corrected chi connectivity index (χ3v) is 3.93. The molecule has 0 spiro atoms. The maximum absolute atomic E-state index is 12.6. The van der Waals surface area contributed by atoms with Crippen LogP contribution in [0.3, 0.4) is 0 Å². The van der Waals surface area contributed by atoms with Crippen LogP contribution >= 0.6 is 0 Å². The summed E-state index contributed by atoms with van der Waals surface area (Å²) >= 11 is 0. The second-order valence-electron chi connectivity index (χ2n) is 5.64. The van der Waals surface area contributed by atoms with Crippen LogP contribution < -0.4 is 0 Å². The van der Waals surface area contributed by atoms with Gasteiger partial charge >= 0.3 is 0 Å². The highest BCUT2D eigenvalue weighted by Crippen LogP contribution is 2.36. The molecule has 1 unspecified atom stereocenters. The monoisotopic (exact) mass is 254 g/mol. The van der Waals surface area contributed by atoms with Gasteiger partial charge in [-0.2, -0.15) is 5.26 Å². The zero-order chi connectivity index (χ0) is 13.2. The standard InChI is InChI=1S/C16H18N2O/c17-10-15(13-4-2-1-3-5-13)16(19)18(14-8-9-14)11-12-6-7-12/h1-5,12,14-15H,6-9,11H2. The number of hydrogen-bond acceptors (Lipinski definition) is 2. The zero-order valence-corrected chi connectivity index (χ0v) is 11.0. The van der Waals surface area contributed by atoms with Crippen molar-refractivity contribution in [3.63, 3.8) is 0 Å². The van der Waals surface area contributed by atoms with Crippen molar-refractivity contribution in [2.24, 2.45) is 5.92 Å². The Labute approximate surface area is 113 Å². The molecule has 1 aromatic rings. The first-order valence-corrected chi connectivity index (χ1v) is 7.04. The fourth-order valence-corrected chi connectivity index (χ4v) is 2.47. The lowest BCUT2D eigenvalue weighted by molar-refractivity contribution is -0.132. The number of nitrogens with zero attached hydrogens (tertiary/aromatic N) is 2. The summed E-state index contributed by atoms with van der Waals surface area (Å²) in [4.78, 5) is 14.6. The van der Waals surface area contributed by atoms with Crippen LogP contribution in [0.2, 0.25) is 0 Å². The van der Waals surface area contributed by atoms with Crippen LogP contribution in [0.4, 0.5) is 0 Å². The summed E-state index contributed by atoms with van der Waals surface area (Å²) < 4.78 is 0. The Morgan fingerprint density at radius 2 is 1.95 bits per heavy atom. The van der Waals surface area contributed by atoms with Crippen LogP contribution in [0.25, 0.3) is 0 Å². The van der Waals surface area contributed by atoms with E-state index in [9.17, 15) is 10.1 Å². The summed E-state index contributed by atoms with van der Waals surface area (Å²) in [5.74, 6) is 0.0447. The summed E-state index contributed by atoms with van der Waals surface area (Å²) in [6, 6.07) is 12.0. The molecule has 0 bridgehead atoms. The van der Waals surface area contributed by atoms with Gasteiger partial charge < -0.3 is 4.90 Å². The van der Waals surface area contributed by atoms with Crippen LogP contribution in [-0.4, -0.2) is 23.4 Å². The lowest BCUT2D eigenvalue weighted by Crippen LogP contribution is -2.38. The molecule has 0 saturated heterocycles. The van der Waals surface area contributed by atoms with E-state index in [1.165, 1.54) is 12.8 Å². The molecule has 1 aromatic carbocycles. The lowest BCUT2D eigenvalue weighted by atomic mass is 9.99. The highest BCUT2D eigenvalue weighted by atomic mass is 16.2. The second kappa shape index (κ2) is 5.05. The molecule has 2 aliphatic rings. The average molecular weight is 254 g/mol.